The molecular weight excluding hydrogens is 274 g/mol. The fraction of sp³-hybridized carbons (Fsp3) is 0.867. The van der Waals surface area contributed by atoms with Crippen molar-refractivity contribution in [2.24, 2.45) is 0 Å². The zero-order chi connectivity index (χ0) is 15.7. The molecule has 0 radical (unpaired) electrons. The minimum absolute atomic E-state index is 0.0598. The molecule has 2 aliphatic rings. The molecule has 6 nitrogen and oxygen atoms in total. The van der Waals surface area contributed by atoms with Gasteiger partial charge in [0.25, 0.3) is 0 Å². The van der Waals surface area contributed by atoms with Crippen molar-refractivity contribution in [2.45, 2.75) is 70.1 Å². The average Bonchev–Trinajstić information content (AvgIpc) is 2.37. The van der Waals surface area contributed by atoms with Gasteiger partial charge in [-0.1, -0.05) is 19.3 Å². The van der Waals surface area contributed by atoms with Gasteiger partial charge in [0.2, 0.25) is 0 Å². The molecule has 1 amide bonds. The summed E-state index contributed by atoms with van der Waals surface area (Å²) in [7, 11) is 0. The van der Waals surface area contributed by atoms with Crippen LogP contribution in [0.15, 0.2) is 0 Å². The third-order valence-electron chi connectivity index (χ3n) is 4.15. The lowest BCUT2D eigenvalue weighted by atomic mass is 9.80. The van der Waals surface area contributed by atoms with Gasteiger partial charge in [-0.3, -0.25) is 4.90 Å². The zero-order valence-electron chi connectivity index (χ0n) is 13.1. The van der Waals surface area contributed by atoms with E-state index in [9.17, 15) is 9.59 Å². The maximum absolute atomic E-state index is 12.5. The number of nitrogens with zero attached hydrogens (tertiary/aromatic N) is 1. The van der Waals surface area contributed by atoms with Gasteiger partial charge in [0.15, 0.2) is 6.10 Å². The Kier molecular flexibility index (Phi) is 4.46. The van der Waals surface area contributed by atoms with Crippen molar-refractivity contribution in [2.75, 3.05) is 13.2 Å². The summed E-state index contributed by atoms with van der Waals surface area (Å²) in [5, 5.41) is 9.15. The summed E-state index contributed by atoms with van der Waals surface area (Å²) in [6.07, 6.45) is 3.49. The molecular formula is C15H25NO5. The summed E-state index contributed by atoms with van der Waals surface area (Å²) in [6, 6.07) is 0. The third-order valence-corrected chi connectivity index (χ3v) is 4.15. The Morgan fingerprint density at radius 1 is 1.24 bits per heavy atom. The Morgan fingerprint density at radius 3 is 2.38 bits per heavy atom. The molecule has 1 unspecified atom stereocenters. The van der Waals surface area contributed by atoms with Crippen molar-refractivity contribution < 1.29 is 24.2 Å². The van der Waals surface area contributed by atoms with Crippen molar-refractivity contribution in [1.29, 1.82) is 0 Å². The van der Waals surface area contributed by atoms with Gasteiger partial charge in [-0.15, -0.1) is 0 Å². The SMILES string of the molecule is CC(C)(C)OC(=O)N1CC(C(=O)O)OCC12CCCCC2. The largest absolute Gasteiger partial charge is 0.479 e. The van der Waals surface area contributed by atoms with Gasteiger partial charge < -0.3 is 14.6 Å². The number of carboxylic acids is 1. The summed E-state index contributed by atoms with van der Waals surface area (Å²) in [5.41, 5.74) is -0.990. The Labute approximate surface area is 125 Å². The highest BCUT2D eigenvalue weighted by atomic mass is 16.6. The van der Waals surface area contributed by atoms with Crippen LogP contribution in [0.2, 0.25) is 0 Å². The van der Waals surface area contributed by atoms with Crippen LogP contribution in [0, 0.1) is 0 Å². The number of hydrogen-bond donors (Lipinski definition) is 1. The van der Waals surface area contributed by atoms with Crippen LogP contribution in [0.1, 0.15) is 52.9 Å². The van der Waals surface area contributed by atoms with E-state index in [1.165, 1.54) is 0 Å². The van der Waals surface area contributed by atoms with E-state index >= 15 is 0 Å². The topological polar surface area (TPSA) is 76.1 Å². The number of aliphatic carboxylic acids is 1. The quantitative estimate of drug-likeness (QED) is 0.804. The van der Waals surface area contributed by atoms with Crippen molar-refractivity contribution >= 4 is 12.1 Å². The van der Waals surface area contributed by atoms with Gasteiger partial charge in [-0.25, -0.2) is 9.59 Å². The number of carboxylic acid groups (broad SMARTS) is 1. The molecule has 6 heteroatoms. The summed E-state index contributed by atoms with van der Waals surface area (Å²) in [5.74, 6) is -1.03. The molecule has 1 saturated heterocycles. The van der Waals surface area contributed by atoms with Crippen LogP contribution < -0.4 is 0 Å². The van der Waals surface area contributed by atoms with Gasteiger partial charge in [-0.2, -0.15) is 0 Å². The molecule has 1 saturated carbocycles. The number of carbonyl (C=O) groups is 2. The zero-order valence-corrected chi connectivity index (χ0v) is 13.1. The van der Waals surface area contributed by atoms with Crippen LogP contribution in [0.3, 0.4) is 0 Å². The van der Waals surface area contributed by atoms with Crippen LogP contribution in [-0.4, -0.2) is 52.5 Å². The highest BCUT2D eigenvalue weighted by Gasteiger charge is 2.48. The number of rotatable bonds is 1. The van der Waals surface area contributed by atoms with E-state index in [0.717, 1.165) is 32.1 Å². The van der Waals surface area contributed by atoms with Gasteiger partial charge in [0.05, 0.1) is 18.7 Å². The molecule has 0 aromatic rings. The second-order valence-electron chi connectivity index (χ2n) is 7.01. The molecule has 1 N–H and O–H groups in total. The summed E-state index contributed by atoms with van der Waals surface area (Å²) in [6.45, 7) is 5.78. The molecule has 1 aliphatic heterocycles. The second-order valence-corrected chi connectivity index (χ2v) is 7.01. The molecule has 1 spiro atoms. The van der Waals surface area contributed by atoms with E-state index < -0.39 is 29.3 Å². The van der Waals surface area contributed by atoms with E-state index in [-0.39, 0.29) is 13.2 Å². The van der Waals surface area contributed by atoms with Crippen LogP contribution >= 0.6 is 0 Å². The van der Waals surface area contributed by atoms with Crippen LogP contribution in [0.5, 0.6) is 0 Å². The minimum atomic E-state index is -1.03. The Hall–Kier alpha value is -1.30. The maximum Gasteiger partial charge on any atom is 0.410 e. The van der Waals surface area contributed by atoms with Crippen LogP contribution in [-0.2, 0) is 14.3 Å². The normalized spacial score (nSPS) is 25.7. The number of carbonyl (C=O) groups excluding carboxylic acids is 1. The lowest BCUT2D eigenvalue weighted by Crippen LogP contribution is -2.63. The van der Waals surface area contributed by atoms with Gasteiger partial charge in [0.1, 0.15) is 5.60 Å². The molecule has 1 heterocycles. The lowest BCUT2D eigenvalue weighted by molar-refractivity contribution is -0.168. The molecule has 120 valence electrons. The number of morpholine rings is 1. The highest BCUT2D eigenvalue weighted by molar-refractivity contribution is 5.75. The van der Waals surface area contributed by atoms with E-state index in [0.29, 0.717) is 0 Å². The lowest BCUT2D eigenvalue weighted by Gasteiger charge is -2.50. The summed E-state index contributed by atoms with van der Waals surface area (Å²) in [4.78, 5) is 25.3. The predicted octanol–water partition coefficient (Wildman–Crippen LogP) is 2.41. The monoisotopic (exact) mass is 299 g/mol. The number of amides is 1. The predicted molar refractivity (Wildman–Crippen MR) is 76.1 cm³/mol. The molecule has 1 aliphatic carbocycles. The standard InChI is InChI=1S/C15H25NO5/c1-14(2,3)21-13(19)16-9-11(12(17)18)20-10-15(16)7-5-4-6-8-15/h11H,4-10H2,1-3H3,(H,17,18). The van der Waals surface area contributed by atoms with Crippen molar-refractivity contribution in [3.05, 3.63) is 0 Å². The second kappa shape index (κ2) is 5.83. The van der Waals surface area contributed by atoms with Crippen molar-refractivity contribution in [3.63, 3.8) is 0 Å². The smallest absolute Gasteiger partial charge is 0.410 e. The van der Waals surface area contributed by atoms with Crippen LogP contribution in [0.4, 0.5) is 4.79 Å². The fourth-order valence-electron chi connectivity index (χ4n) is 3.10. The summed E-state index contributed by atoms with van der Waals surface area (Å²) >= 11 is 0. The minimum Gasteiger partial charge on any atom is -0.479 e. The average molecular weight is 299 g/mol. The first-order valence-corrected chi connectivity index (χ1v) is 7.59. The van der Waals surface area contributed by atoms with Gasteiger partial charge >= 0.3 is 12.1 Å². The molecule has 2 rings (SSSR count). The molecule has 2 fully saturated rings. The van der Waals surface area contributed by atoms with E-state index in [1.54, 1.807) is 4.90 Å². The molecule has 0 aromatic heterocycles. The molecule has 0 aromatic carbocycles. The molecule has 1 atom stereocenters. The van der Waals surface area contributed by atoms with Crippen molar-refractivity contribution in [1.82, 2.24) is 4.90 Å². The first-order chi connectivity index (χ1) is 9.73. The van der Waals surface area contributed by atoms with E-state index in [4.69, 9.17) is 14.6 Å². The van der Waals surface area contributed by atoms with Crippen LogP contribution in [0.25, 0.3) is 0 Å². The highest BCUT2D eigenvalue weighted by Crippen LogP contribution is 2.37. The first-order valence-electron chi connectivity index (χ1n) is 7.59. The van der Waals surface area contributed by atoms with Gasteiger partial charge in [0, 0.05) is 0 Å². The molecule has 21 heavy (non-hydrogen) atoms. The van der Waals surface area contributed by atoms with E-state index in [1.807, 2.05) is 20.8 Å². The van der Waals surface area contributed by atoms with Crippen molar-refractivity contribution in [3.8, 4) is 0 Å². The molecule has 0 bridgehead atoms. The Balaban J connectivity index is 2.19. The Bertz CT molecular complexity index is 409. The van der Waals surface area contributed by atoms with Gasteiger partial charge in [-0.05, 0) is 33.6 Å². The maximum atomic E-state index is 12.5. The van der Waals surface area contributed by atoms with E-state index in [2.05, 4.69) is 0 Å². The number of hydrogen-bond acceptors (Lipinski definition) is 4. The first kappa shape index (κ1) is 16.1. The summed E-state index contributed by atoms with van der Waals surface area (Å²) < 4.78 is 11.0. The fourth-order valence-corrected chi connectivity index (χ4v) is 3.10. The Morgan fingerprint density at radius 2 is 1.86 bits per heavy atom. The third kappa shape index (κ3) is 3.67. The number of ether oxygens (including phenoxy) is 2.